The number of benzene rings is 2. The fourth-order valence-electron chi connectivity index (χ4n) is 2.25. The Balaban J connectivity index is 2.01. The van der Waals surface area contributed by atoms with E-state index in [1.165, 1.54) is 24.4 Å². The number of hydrazone groups is 1. The van der Waals surface area contributed by atoms with Crippen LogP contribution >= 0.6 is 0 Å². The summed E-state index contributed by atoms with van der Waals surface area (Å²) < 4.78 is 40.1. The lowest BCUT2D eigenvalue weighted by atomic mass is 10.2. The van der Waals surface area contributed by atoms with Crippen LogP contribution in [-0.4, -0.2) is 31.4 Å². The predicted octanol–water partition coefficient (Wildman–Crippen LogP) is 4.24. The number of halogens is 2. The number of alkyl halides is 2. The number of carbonyl (C=O) groups is 1. The highest BCUT2D eigenvalue weighted by Crippen LogP contribution is 2.29. The molecule has 0 bridgehead atoms. The van der Waals surface area contributed by atoms with Gasteiger partial charge in [-0.3, -0.25) is 4.79 Å². The van der Waals surface area contributed by atoms with Crippen LogP contribution in [0.2, 0.25) is 0 Å². The molecule has 0 aliphatic heterocycles. The Morgan fingerprint density at radius 3 is 2.43 bits per heavy atom. The smallest absolute Gasteiger partial charge is 0.387 e. The summed E-state index contributed by atoms with van der Waals surface area (Å²) in [5.41, 5.74) is 3.37. The quantitative estimate of drug-likeness (QED) is 0.512. The van der Waals surface area contributed by atoms with E-state index in [4.69, 9.17) is 9.47 Å². The van der Waals surface area contributed by atoms with Crippen molar-refractivity contribution in [2.75, 3.05) is 6.61 Å². The van der Waals surface area contributed by atoms with Crippen molar-refractivity contribution in [2.45, 2.75) is 33.5 Å². The number of hydrogen-bond donors (Lipinski definition) is 1. The second-order valence-electron chi connectivity index (χ2n) is 5.91. The van der Waals surface area contributed by atoms with E-state index >= 15 is 0 Å². The summed E-state index contributed by atoms with van der Waals surface area (Å²) in [5, 5.41) is 3.88. The standard InChI is InChI=1S/C20H22F2N2O4/c1-4-26-18-11-14(5-10-17(18)28-20(21)22)12-23-24-19(25)15-6-8-16(9-7-15)27-13(2)3/h5-13,20H,4H2,1-3H3,(H,24,25)/b23-12-. The highest BCUT2D eigenvalue weighted by molar-refractivity contribution is 5.95. The molecule has 6 nitrogen and oxygen atoms in total. The molecule has 1 amide bonds. The lowest BCUT2D eigenvalue weighted by molar-refractivity contribution is -0.0514. The molecule has 2 rings (SSSR count). The summed E-state index contributed by atoms with van der Waals surface area (Å²) in [6, 6.07) is 11.0. The van der Waals surface area contributed by atoms with Gasteiger partial charge in [-0.25, -0.2) is 5.43 Å². The molecule has 0 aliphatic rings. The summed E-state index contributed by atoms with van der Waals surface area (Å²) in [6.45, 7) is 2.89. The summed E-state index contributed by atoms with van der Waals surface area (Å²) in [4.78, 5) is 12.1. The Hall–Kier alpha value is -3.16. The van der Waals surface area contributed by atoms with Crippen LogP contribution in [0.3, 0.4) is 0 Å². The van der Waals surface area contributed by atoms with Crippen molar-refractivity contribution >= 4 is 12.1 Å². The molecular formula is C20H22F2N2O4. The van der Waals surface area contributed by atoms with Crippen LogP contribution in [0.4, 0.5) is 8.78 Å². The Morgan fingerprint density at radius 1 is 1.11 bits per heavy atom. The van der Waals surface area contributed by atoms with Gasteiger partial charge in [-0.1, -0.05) is 0 Å². The van der Waals surface area contributed by atoms with Gasteiger partial charge in [0.15, 0.2) is 11.5 Å². The van der Waals surface area contributed by atoms with Crippen LogP contribution < -0.4 is 19.6 Å². The Bertz CT molecular complexity index is 808. The minimum absolute atomic E-state index is 0.0448. The molecule has 2 aromatic rings. The fourth-order valence-corrected chi connectivity index (χ4v) is 2.25. The van der Waals surface area contributed by atoms with Gasteiger partial charge in [0.2, 0.25) is 0 Å². The number of rotatable bonds is 9. The van der Waals surface area contributed by atoms with E-state index in [9.17, 15) is 13.6 Å². The topological polar surface area (TPSA) is 69.2 Å². The molecule has 2 aromatic carbocycles. The first-order chi connectivity index (χ1) is 13.4. The summed E-state index contributed by atoms with van der Waals surface area (Å²) >= 11 is 0. The monoisotopic (exact) mass is 392 g/mol. The van der Waals surface area contributed by atoms with E-state index in [1.807, 2.05) is 13.8 Å². The largest absolute Gasteiger partial charge is 0.491 e. The first-order valence-electron chi connectivity index (χ1n) is 8.70. The van der Waals surface area contributed by atoms with Crippen LogP contribution in [0.25, 0.3) is 0 Å². The maximum Gasteiger partial charge on any atom is 0.387 e. The Labute approximate surface area is 162 Å². The van der Waals surface area contributed by atoms with E-state index in [2.05, 4.69) is 15.3 Å². The van der Waals surface area contributed by atoms with E-state index in [0.717, 1.165) is 0 Å². The Kier molecular flexibility index (Phi) is 7.74. The lowest BCUT2D eigenvalue weighted by Gasteiger charge is -2.11. The highest BCUT2D eigenvalue weighted by Gasteiger charge is 2.11. The third-order valence-corrected chi connectivity index (χ3v) is 3.35. The molecule has 0 fully saturated rings. The molecular weight excluding hydrogens is 370 g/mol. The van der Waals surface area contributed by atoms with Gasteiger partial charge >= 0.3 is 6.61 Å². The normalized spacial score (nSPS) is 11.1. The van der Waals surface area contributed by atoms with Crippen molar-refractivity contribution in [3.8, 4) is 17.2 Å². The van der Waals surface area contributed by atoms with Crippen LogP contribution in [0, 0.1) is 0 Å². The summed E-state index contributed by atoms with van der Waals surface area (Å²) in [7, 11) is 0. The molecule has 28 heavy (non-hydrogen) atoms. The van der Waals surface area contributed by atoms with Crippen LogP contribution in [-0.2, 0) is 0 Å². The minimum atomic E-state index is -2.95. The van der Waals surface area contributed by atoms with Crippen molar-refractivity contribution in [2.24, 2.45) is 5.10 Å². The molecule has 0 spiro atoms. The van der Waals surface area contributed by atoms with Crippen LogP contribution in [0.5, 0.6) is 17.2 Å². The van der Waals surface area contributed by atoms with Gasteiger partial charge in [0.25, 0.3) is 5.91 Å². The second kappa shape index (κ2) is 10.2. The SMILES string of the molecule is CCOc1cc(/C=N\NC(=O)c2ccc(OC(C)C)cc2)ccc1OC(F)F. The van der Waals surface area contributed by atoms with Gasteiger partial charge in [-0.05, 0) is 68.8 Å². The number of carbonyl (C=O) groups excluding carboxylic acids is 1. The molecule has 0 unspecified atom stereocenters. The molecule has 0 atom stereocenters. The number of hydrogen-bond acceptors (Lipinski definition) is 5. The van der Waals surface area contributed by atoms with Crippen molar-refractivity contribution in [3.63, 3.8) is 0 Å². The molecule has 0 radical (unpaired) electrons. The van der Waals surface area contributed by atoms with Gasteiger partial charge in [-0.2, -0.15) is 13.9 Å². The van der Waals surface area contributed by atoms with Crippen molar-refractivity contribution in [1.29, 1.82) is 0 Å². The van der Waals surface area contributed by atoms with Gasteiger partial charge < -0.3 is 14.2 Å². The highest BCUT2D eigenvalue weighted by atomic mass is 19.3. The molecule has 1 N–H and O–H groups in total. The molecule has 0 saturated carbocycles. The van der Waals surface area contributed by atoms with Gasteiger partial charge in [0.1, 0.15) is 5.75 Å². The molecule has 8 heteroatoms. The molecule has 0 saturated heterocycles. The fraction of sp³-hybridized carbons (Fsp3) is 0.300. The van der Waals surface area contributed by atoms with E-state index in [0.29, 0.717) is 16.9 Å². The molecule has 150 valence electrons. The third kappa shape index (κ3) is 6.53. The predicted molar refractivity (Wildman–Crippen MR) is 102 cm³/mol. The average molecular weight is 392 g/mol. The average Bonchev–Trinajstić information content (AvgIpc) is 2.63. The molecule has 0 heterocycles. The van der Waals surface area contributed by atoms with Crippen molar-refractivity contribution in [3.05, 3.63) is 53.6 Å². The number of amides is 1. The molecule has 0 aromatic heterocycles. The summed E-state index contributed by atoms with van der Waals surface area (Å²) in [5.74, 6) is 0.375. The van der Waals surface area contributed by atoms with Gasteiger partial charge in [0.05, 0.1) is 18.9 Å². The number of nitrogens with one attached hydrogen (secondary N) is 1. The molecule has 0 aliphatic carbocycles. The lowest BCUT2D eigenvalue weighted by Crippen LogP contribution is -2.17. The summed E-state index contributed by atoms with van der Waals surface area (Å²) in [6.07, 6.45) is 1.42. The van der Waals surface area contributed by atoms with E-state index < -0.39 is 12.5 Å². The first kappa shape index (κ1) is 21.1. The van der Waals surface area contributed by atoms with Crippen molar-refractivity contribution in [1.82, 2.24) is 5.43 Å². The van der Waals surface area contributed by atoms with Gasteiger partial charge in [0, 0.05) is 5.56 Å². The third-order valence-electron chi connectivity index (χ3n) is 3.35. The zero-order valence-electron chi connectivity index (χ0n) is 15.8. The maximum absolute atomic E-state index is 12.4. The number of ether oxygens (including phenoxy) is 3. The van der Waals surface area contributed by atoms with Crippen molar-refractivity contribution < 1.29 is 27.8 Å². The zero-order valence-corrected chi connectivity index (χ0v) is 15.8. The number of nitrogens with zero attached hydrogens (tertiary/aromatic N) is 1. The first-order valence-corrected chi connectivity index (χ1v) is 8.70. The Morgan fingerprint density at radius 2 is 1.82 bits per heavy atom. The minimum Gasteiger partial charge on any atom is -0.491 e. The van der Waals surface area contributed by atoms with Crippen LogP contribution in [0.1, 0.15) is 36.7 Å². The van der Waals surface area contributed by atoms with Crippen LogP contribution in [0.15, 0.2) is 47.6 Å². The zero-order chi connectivity index (χ0) is 20.5. The maximum atomic E-state index is 12.4. The van der Waals surface area contributed by atoms with E-state index in [-0.39, 0.29) is 24.2 Å². The second-order valence-corrected chi connectivity index (χ2v) is 5.91. The van der Waals surface area contributed by atoms with E-state index in [1.54, 1.807) is 31.2 Å². The van der Waals surface area contributed by atoms with Gasteiger partial charge in [-0.15, -0.1) is 0 Å².